The lowest BCUT2D eigenvalue weighted by molar-refractivity contribution is 0.326. The van der Waals surface area contributed by atoms with Gasteiger partial charge in [-0.3, -0.25) is 0 Å². The number of anilines is 1. The standard InChI is InChI=1S/C12H11NOS/c13-9-1-2-10-11(7-9)14-5-3-8-4-6-15-12(8)10/h1-2,4,6-7H,3,5,13H2. The highest BCUT2D eigenvalue weighted by molar-refractivity contribution is 7.13. The lowest BCUT2D eigenvalue weighted by atomic mass is 10.1. The van der Waals surface area contributed by atoms with Crippen molar-refractivity contribution in [1.82, 2.24) is 0 Å². The van der Waals surface area contributed by atoms with Crippen molar-refractivity contribution in [3.8, 4) is 16.2 Å². The molecule has 2 heterocycles. The maximum absolute atomic E-state index is 5.75. The van der Waals surface area contributed by atoms with E-state index in [1.54, 1.807) is 11.3 Å². The molecule has 1 aliphatic heterocycles. The largest absolute Gasteiger partial charge is 0.492 e. The fraction of sp³-hybridized carbons (Fsp3) is 0.167. The first-order valence-corrected chi connectivity index (χ1v) is 5.81. The van der Waals surface area contributed by atoms with Gasteiger partial charge in [0.15, 0.2) is 0 Å². The van der Waals surface area contributed by atoms with Gasteiger partial charge in [0, 0.05) is 28.6 Å². The Morgan fingerprint density at radius 1 is 1.27 bits per heavy atom. The van der Waals surface area contributed by atoms with Crippen molar-refractivity contribution in [3.63, 3.8) is 0 Å². The Morgan fingerprint density at radius 2 is 2.20 bits per heavy atom. The Morgan fingerprint density at radius 3 is 3.13 bits per heavy atom. The van der Waals surface area contributed by atoms with Gasteiger partial charge in [0.25, 0.3) is 0 Å². The van der Waals surface area contributed by atoms with Crippen molar-refractivity contribution in [2.75, 3.05) is 12.3 Å². The second kappa shape index (κ2) is 3.28. The van der Waals surface area contributed by atoms with E-state index >= 15 is 0 Å². The van der Waals surface area contributed by atoms with Gasteiger partial charge in [-0.25, -0.2) is 0 Å². The molecular weight excluding hydrogens is 206 g/mol. The summed E-state index contributed by atoms with van der Waals surface area (Å²) in [7, 11) is 0. The summed E-state index contributed by atoms with van der Waals surface area (Å²) in [5, 5.41) is 2.14. The van der Waals surface area contributed by atoms with Gasteiger partial charge >= 0.3 is 0 Å². The minimum atomic E-state index is 0.736. The van der Waals surface area contributed by atoms with Crippen LogP contribution in [0.25, 0.3) is 10.4 Å². The number of nitrogen functional groups attached to an aromatic ring is 1. The van der Waals surface area contributed by atoms with Gasteiger partial charge in [-0.05, 0) is 29.1 Å². The number of benzene rings is 1. The highest BCUT2D eigenvalue weighted by Crippen LogP contribution is 2.39. The monoisotopic (exact) mass is 217 g/mol. The van der Waals surface area contributed by atoms with Crippen LogP contribution in [0, 0.1) is 0 Å². The molecule has 0 spiro atoms. The van der Waals surface area contributed by atoms with Crippen LogP contribution in [0.5, 0.6) is 5.75 Å². The number of rotatable bonds is 0. The van der Waals surface area contributed by atoms with Gasteiger partial charge in [-0.15, -0.1) is 11.3 Å². The van der Waals surface area contributed by atoms with Crippen LogP contribution in [-0.2, 0) is 6.42 Å². The highest BCUT2D eigenvalue weighted by atomic mass is 32.1. The first-order chi connectivity index (χ1) is 7.34. The average Bonchev–Trinajstić information content (AvgIpc) is 2.61. The van der Waals surface area contributed by atoms with Crippen LogP contribution in [0.2, 0.25) is 0 Å². The SMILES string of the molecule is Nc1ccc2c(c1)OCCc1ccsc1-2. The molecule has 0 bridgehead atoms. The molecule has 2 aromatic rings. The topological polar surface area (TPSA) is 35.2 Å². The fourth-order valence-electron chi connectivity index (χ4n) is 1.89. The van der Waals surface area contributed by atoms with E-state index in [1.807, 2.05) is 18.2 Å². The van der Waals surface area contributed by atoms with Crippen molar-refractivity contribution in [2.24, 2.45) is 0 Å². The second-order valence-electron chi connectivity index (χ2n) is 3.63. The zero-order valence-corrected chi connectivity index (χ0v) is 9.01. The van der Waals surface area contributed by atoms with Crippen molar-refractivity contribution in [1.29, 1.82) is 0 Å². The summed E-state index contributed by atoms with van der Waals surface area (Å²) in [6.07, 6.45) is 0.980. The molecular formula is C12H11NOS. The molecule has 0 saturated carbocycles. The molecule has 1 aliphatic rings. The predicted molar refractivity (Wildman–Crippen MR) is 63.4 cm³/mol. The van der Waals surface area contributed by atoms with E-state index in [2.05, 4.69) is 11.4 Å². The normalized spacial score (nSPS) is 13.6. The molecule has 0 radical (unpaired) electrons. The lowest BCUT2D eigenvalue weighted by Gasteiger charge is -2.07. The van der Waals surface area contributed by atoms with E-state index in [0.29, 0.717) is 0 Å². The molecule has 2 N–H and O–H groups in total. The molecule has 2 nitrogen and oxygen atoms in total. The summed E-state index contributed by atoms with van der Waals surface area (Å²) < 4.78 is 5.70. The third-order valence-electron chi connectivity index (χ3n) is 2.63. The highest BCUT2D eigenvalue weighted by Gasteiger charge is 2.16. The van der Waals surface area contributed by atoms with Crippen LogP contribution >= 0.6 is 11.3 Å². The van der Waals surface area contributed by atoms with Crippen LogP contribution in [0.3, 0.4) is 0 Å². The third-order valence-corrected chi connectivity index (χ3v) is 3.62. The molecule has 0 saturated heterocycles. The molecule has 1 aromatic heterocycles. The van der Waals surface area contributed by atoms with Gasteiger partial charge in [0.2, 0.25) is 0 Å². The maximum atomic E-state index is 5.75. The molecule has 3 rings (SSSR count). The van der Waals surface area contributed by atoms with Crippen LogP contribution in [0.15, 0.2) is 29.6 Å². The molecule has 76 valence electrons. The third kappa shape index (κ3) is 1.39. The Bertz CT molecular complexity index is 504. The van der Waals surface area contributed by atoms with Gasteiger partial charge in [-0.1, -0.05) is 0 Å². The van der Waals surface area contributed by atoms with Gasteiger partial charge in [0.1, 0.15) is 5.75 Å². The summed E-state index contributed by atoms with van der Waals surface area (Å²) in [4.78, 5) is 1.32. The van der Waals surface area contributed by atoms with Crippen molar-refractivity contribution in [2.45, 2.75) is 6.42 Å². The Kier molecular flexibility index (Phi) is 1.92. The van der Waals surface area contributed by atoms with E-state index < -0.39 is 0 Å². The molecule has 3 heteroatoms. The zero-order valence-electron chi connectivity index (χ0n) is 8.19. The maximum Gasteiger partial charge on any atom is 0.130 e. The van der Waals surface area contributed by atoms with Crippen LogP contribution in [0.4, 0.5) is 5.69 Å². The number of hydrogen-bond donors (Lipinski definition) is 1. The molecule has 15 heavy (non-hydrogen) atoms. The van der Waals surface area contributed by atoms with Crippen molar-refractivity contribution >= 4 is 17.0 Å². The lowest BCUT2D eigenvalue weighted by Crippen LogP contribution is -1.98. The molecule has 0 atom stereocenters. The Labute approximate surface area is 92.3 Å². The molecule has 0 aliphatic carbocycles. The quantitative estimate of drug-likeness (QED) is 0.689. The number of hydrogen-bond acceptors (Lipinski definition) is 3. The van der Waals surface area contributed by atoms with Gasteiger partial charge < -0.3 is 10.5 Å². The summed E-state index contributed by atoms with van der Waals surface area (Å²) in [5.41, 5.74) is 9.06. The van der Waals surface area contributed by atoms with Gasteiger partial charge in [-0.2, -0.15) is 0 Å². The van der Waals surface area contributed by atoms with Crippen molar-refractivity contribution < 1.29 is 4.74 Å². The summed E-state index contributed by atoms with van der Waals surface area (Å²) in [6, 6.07) is 8.06. The Balaban J connectivity index is 2.25. The molecule has 0 fully saturated rings. The van der Waals surface area contributed by atoms with E-state index in [-0.39, 0.29) is 0 Å². The zero-order chi connectivity index (χ0) is 10.3. The summed E-state index contributed by atoms with van der Waals surface area (Å²) in [6.45, 7) is 0.736. The molecule has 1 aromatic carbocycles. The predicted octanol–water partition coefficient (Wildman–Crippen LogP) is 2.93. The van der Waals surface area contributed by atoms with Crippen LogP contribution < -0.4 is 10.5 Å². The number of thiophene rings is 1. The van der Waals surface area contributed by atoms with E-state index in [4.69, 9.17) is 10.5 Å². The number of fused-ring (bicyclic) bond motifs is 3. The first kappa shape index (κ1) is 8.80. The van der Waals surface area contributed by atoms with Crippen LogP contribution in [0.1, 0.15) is 5.56 Å². The number of ether oxygens (including phenoxy) is 1. The van der Waals surface area contributed by atoms with Crippen molar-refractivity contribution in [3.05, 3.63) is 35.2 Å². The van der Waals surface area contributed by atoms with Crippen LogP contribution in [-0.4, -0.2) is 6.61 Å². The average molecular weight is 217 g/mol. The smallest absolute Gasteiger partial charge is 0.130 e. The first-order valence-electron chi connectivity index (χ1n) is 4.93. The molecule has 0 unspecified atom stereocenters. The molecule has 0 amide bonds. The Hall–Kier alpha value is -1.48. The van der Waals surface area contributed by atoms with Gasteiger partial charge in [0.05, 0.1) is 6.61 Å². The summed E-state index contributed by atoms with van der Waals surface area (Å²) in [5.74, 6) is 0.913. The van der Waals surface area contributed by atoms with E-state index in [1.165, 1.54) is 16.0 Å². The van der Waals surface area contributed by atoms with E-state index in [9.17, 15) is 0 Å². The minimum Gasteiger partial charge on any atom is -0.492 e. The second-order valence-corrected chi connectivity index (χ2v) is 4.55. The minimum absolute atomic E-state index is 0.736. The van der Waals surface area contributed by atoms with E-state index in [0.717, 1.165) is 24.5 Å². The number of nitrogens with two attached hydrogens (primary N) is 1. The fourth-order valence-corrected chi connectivity index (χ4v) is 2.87. The summed E-state index contributed by atoms with van der Waals surface area (Å²) >= 11 is 1.77.